The second-order valence-electron chi connectivity index (χ2n) is 6.48. The molecular formula is C21H24N2O. The zero-order valence-corrected chi connectivity index (χ0v) is 15.1. The van der Waals surface area contributed by atoms with Crippen LogP contribution in [0.3, 0.4) is 0 Å². The Morgan fingerprint density at radius 2 is 1.83 bits per heavy atom. The van der Waals surface area contributed by atoms with Crippen molar-refractivity contribution in [2.45, 2.75) is 39.7 Å². The van der Waals surface area contributed by atoms with Crippen LogP contribution >= 0.6 is 0 Å². The Labute approximate surface area is 144 Å². The van der Waals surface area contributed by atoms with Crippen molar-refractivity contribution in [2.75, 3.05) is 7.11 Å². The fourth-order valence-electron chi connectivity index (χ4n) is 3.15. The predicted octanol–water partition coefficient (Wildman–Crippen LogP) is 5.19. The minimum absolute atomic E-state index is 0.164. The third kappa shape index (κ3) is 2.75. The second kappa shape index (κ2) is 6.23. The molecule has 0 fully saturated rings. The first kappa shape index (κ1) is 16.4. The molecule has 0 spiro atoms. The highest BCUT2D eigenvalue weighted by atomic mass is 16.5. The average molecular weight is 320 g/mol. The van der Waals surface area contributed by atoms with Crippen LogP contribution in [0.5, 0.6) is 0 Å². The molecule has 3 heteroatoms. The molecule has 1 aromatic carbocycles. The van der Waals surface area contributed by atoms with Crippen LogP contribution < -0.4 is 0 Å². The first-order valence-electron chi connectivity index (χ1n) is 8.38. The number of aliphatic imine (C=N–C) groups is 2. The van der Waals surface area contributed by atoms with E-state index in [-0.39, 0.29) is 5.54 Å². The number of hydrogen-bond acceptors (Lipinski definition) is 3. The van der Waals surface area contributed by atoms with E-state index >= 15 is 0 Å². The monoisotopic (exact) mass is 320 g/mol. The molecule has 1 aliphatic carbocycles. The molecule has 1 unspecified atom stereocenters. The Kier molecular flexibility index (Phi) is 4.27. The molecular weight excluding hydrogens is 296 g/mol. The van der Waals surface area contributed by atoms with Crippen molar-refractivity contribution < 1.29 is 4.74 Å². The molecule has 0 aromatic heterocycles. The lowest BCUT2D eigenvalue weighted by Gasteiger charge is -2.35. The number of dihydropyridines is 1. The summed E-state index contributed by atoms with van der Waals surface area (Å²) in [7, 11) is 1.70. The molecule has 3 rings (SSSR count). The minimum Gasteiger partial charge on any atom is -0.494 e. The average Bonchev–Trinajstić information content (AvgIpc) is 2.61. The molecule has 0 saturated heterocycles. The fourth-order valence-corrected chi connectivity index (χ4v) is 3.15. The van der Waals surface area contributed by atoms with E-state index in [0.717, 1.165) is 34.9 Å². The van der Waals surface area contributed by atoms with Crippen molar-refractivity contribution in [3.05, 3.63) is 65.0 Å². The first-order valence-corrected chi connectivity index (χ1v) is 8.38. The molecule has 2 aliphatic rings. The third-order valence-electron chi connectivity index (χ3n) is 5.12. The lowest BCUT2D eigenvalue weighted by Crippen LogP contribution is -2.33. The van der Waals surface area contributed by atoms with Crippen LogP contribution in [0.4, 0.5) is 5.69 Å². The number of rotatable bonds is 3. The highest BCUT2D eigenvalue weighted by molar-refractivity contribution is 6.26. The summed E-state index contributed by atoms with van der Waals surface area (Å²) in [6, 6.07) is 9.97. The molecule has 1 atom stereocenters. The molecule has 3 nitrogen and oxygen atoms in total. The van der Waals surface area contributed by atoms with Gasteiger partial charge in [0.25, 0.3) is 0 Å². The lowest BCUT2D eigenvalue weighted by molar-refractivity contribution is 0.314. The maximum atomic E-state index is 5.64. The van der Waals surface area contributed by atoms with Crippen LogP contribution in [-0.2, 0) is 4.74 Å². The second-order valence-corrected chi connectivity index (χ2v) is 6.48. The van der Waals surface area contributed by atoms with E-state index in [4.69, 9.17) is 14.7 Å². The summed E-state index contributed by atoms with van der Waals surface area (Å²) in [6.07, 6.45) is 5.05. The Balaban J connectivity index is 2.13. The Morgan fingerprint density at radius 3 is 2.46 bits per heavy atom. The van der Waals surface area contributed by atoms with Gasteiger partial charge in [-0.25, -0.2) is 4.99 Å². The van der Waals surface area contributed by atoms with Gasteiger partial charge in [-0.1, -0.05) is 25.1 Å². The molecule has 1 aliphatic heterocycles. The molecule has 1 aromatic rings. The summed E-state index contributed by atoms with van der Waals surface area (Å²) >= 11 is 0. The normalized spacial score (nSPS) is 25.0. The fraction of sp³-hybridized carbons (Fsp3) is 0.333. The Hall–Kier alpha value is -2.42. The SMILES string of the molecule is CCC1(C)N=C2C(OC)=CC(=Nc3ccccc3)C=C2C(C)=C1C. The van der Waals surface area contributed by atoms with Gasteiger partial charge in [0.15, 0.2) is 0 Å². The van der Waals surface area contributed by atoms with E-state index < -0.39 is 0 Å². The summed E-state index contributed by atoms with van der Waals surface area (Å²) in [5.74, 6) is 0.786. The van der Waals surface area contributed by atoms with Gasteiger partial charge in [0.2, 0.25) is 0 Å². The van der Waals surface area contributed by atoms with Crippen molar-refractivity contribution >= 4 is 17.1 Å². The van der Waals surface area contributed by atoms with Gasteiger partial charge in [0.1, 0.15) is 11.5 Å². The van der Waals surface area contributed by atoms with Crippen molar-refractivity contribution in [2.24, 2.45) is 9.98 Å². The summed E-state index contributed by atoms with van der Waals surface area (Å²) < 4.78 is 5.64. The van der Waals surface area contributed by atoms with Crippen LogP contribution in [0, 0.1) is 0 Å². The summed E-state index contributed by atoms with van der Waals surface area (Å²) in [5, 5.41) is 0. The Morgan fingerprint density at radius 1 is 1.12 bits per heavy atom. The first-order chi connectivity index (χ1) is 11.5. The maximum absolute atomic E-state index is 5.64. The molecule has 0 radical (unpaired) electrons. The maximum Gasteiger partial charge on any atom is 0.146 e. The standard InChI is InChI=1S/C21H24N2O/c1-6-21(4)15(3)14(2)18-12-17(13-19(24-5)20(18)23-21)22-16-10-8-7-9-11-16/h7-13H,6H2,1-5H3. The van der Waals surface area contributed by atoms with Crippen molar-refractivity contribution in [3.63, 3.8) is 0 Å². The molecule has 0 bridgehead atoms. The largest absolute Gasteiger partial charge is 0.494 e. The van der Waals surface area contributed by atoms with Crippen LogP contribution in [0.2, 0.25) is 0 Å². The number of allylic oxidation sites excluding steroid dienone is 4. The number of fused-ring (bicyclic) bond motifs is 1. The van der Waals surface area contributed by atoms with Crippen LogP contribution in [-0.4, -0.2) is 24.1 Å². The van der Waals surface area contributed by atoms with E-state index in [1.54, 1.807) is 7.11 Å². The van der Waals surface area contributed by atoms with Crippen LogP contribution in [0.1, 0.15) is 34.1 Å². The number of benzene rings is 1. The van der Waals surface area contributed by atoms with Gasteiger partial charge in [-0.3, -0.25) is 4.99 Å². The number of methoxy groups -OCH3 is 1. The summed E-state index contributed by atoms with van der Waals surface area (Å²) in [5.41, 5.74) is 6.31. The number of nitrogens with zero attached hydrogens (tertiary/aromatic N) is 2. The van der Waals surface area contributed by atoms with Gasteiger partial charge in [0.05, 0.1) is 24.0 Å². The topological polar surface area (TPSA) is 34.0 Å². The molecule has 1 heterocycles. The van der Waals surface area contributed by atoms with E-state index in [9.17, 15) is 0 Å². The van der Waals surface area contributed by atoms with Gasteiger partial charge in [-0.15, -0.1) is 0 Å². The molecule has 124 valence electrons. The van der Waals surface area contributed by atoms with E-state index in [0.29, 0.717) is 0 Å². The van der Waals surface area contributed by atoms with E-state index in [1.165, 1.54) is 11.1 Å². The third-order valence-corrected chi connectivity index (χ3v) is 5.12. The van der Waals surface area contributed by atoms with Gasteiger partial charge < -0.3 is 4.74 Å². The lowest BCUT2D eigenvalue weighted by atomic mass is 9.79. The Bertz CT molecular complexity index is 810. The zero-order chi connectivity index (χ0) is 17.3. The molecule has 0 N–H and O–H groups in total. The number of ether oxygens (including phenoxy) is 1. The van der Waals surface area contributed by atoms with Crippen molar-refractivity contribution in [3.8, 4) is 0 Å². The quantitative estimate of drug-likeness (QED) is 0.706. The number of para-hydroxylation sites is 1. The van der Waals surface area contributed by atoms with Crippen molar-refractivity contribution in [1.82, 2.24) is 0 Å². The van der Waals surface area contributed by atoms with Gasteiger partial charge >= 0.3 is 0 Å². The summed E-state index contributed by atoms with van der Waals surface area (Å²) in [6.45, 7) is 8.72. The van der Waals surface area contributed by atoms with Crippen molar-refractivity contribution in [1.29, 1.82) is 0 Å². The van der Waals surface area contributed by atoms with Crippen LogP contribution in [0.25, 0.3) is 0 Å². The number of hydrogen-bond donors (Lipinski definition) is 0. The zero-order valence-electron chi connectivity index (χ0n) is 15.1. The molecule has 24 heavy (non-hydrogen) atoms. The highest BCUT2D eigenvalue weighted by Gasteiger charge is 2.34. The smallest absolute Gasteiger partial charge is 0.146 e. The molecule has 0 saturated carbocycles. The van der Waals surface area contributed by atoms with Gasteiger partial charge in [0, 0.05) is 11.6 Å². The van der Waals surface area contributed by atoms with E-state index in [2.05, 4.69) is 33.8 Å². The minimum atomic E-state index is -0.164. The predicted molar refractivity (Wildman–Crippen MR) is 101 cm³/mol. The highest BCUT2D eigenvalue weighted by Crippen LogP contribution is 2.38. The molecule has 0 amide bonds. The van der Waals surface area contributed by atoms with E-state index in [1.807, 2.05) is 36.4 Å². The van der Waals surface area contributed by atoms with Crippen LogP contribution in [0.15, 0.2) is 74.9 Å². The summed E-state index contributed by atoms with van der Waals surface area (Å²) in [4.78, 5) is 9.75. The van der Waals surface area contributed by atoms with Gasteiger partial charge in [-0.05, 0) is 56.5 Å². The van der Waals surface area contributed by atoms with Gasteiger partial charge in [-0.2, -0.15) is 0 Å².